The third-order valence-corrected chi connectivity index (χ3v) is 7.27. The Morgan fingerprint density at radius 2 is 1.21 bits per heavy atom. The van der Waals surface area contributed by atoms with Crippen LogP contribution in [0.5, 0.6) is 11.5 Å². The molecule has 0 saturated heterocycles. The Kier molecular flexibility index (Phi) is 12.4. The zero-order valence-electron chi connectivity index (χ0n) is 24.3. The topological polar surface area (TPSA) is 142 Å². The van der Waals surface area contributed by atoms with Crippen LogP contribution in [0.3, 0.4) is 0 Å². The lowest BCUT2D eigenvalue weighted by atomic mass is 9.79. The van der Waals surface area contributed by atoms with Crippen LogP contribution >= 0.6 is 0 Å². The van der Waals surface area contributed by atoms with Crippen molar-refractivity contribution in [2.24, 2.45) is 41.2 Å². The first-order valence-corrected chi connectivity index (χ1v) is 13.3. The first-order valence-electron chi connectivity index (χ1n) is 13.3. The van der Waals surface area contributed by atoms with Gasteiger partial charge in [-0.05, 0) is 36.5 Å². The van der Waals surface area contributed by atoms with Gasteiger partial charge in [-0.1, -0.05) is 68.4 Å². The highest BCUT2D eigenvalue weighted by molar-refractivity contribution is 5.79. The van der Waals surface area contributed by atoms with Crippen LogP contribution in [0.15, 0.2) is 18.2 Å². The Morgan fingerprint density at radius 1 is 0.737 bits per heavy atom. The van der Waals surface area contributed by atoms with Crippen molar-refractivity contribution in [3.8, 4) is 11.5 Å². The third kappa shape index (κ3) is 8.82. The molecule has 0 amide bonds. The normalized spacial score (nSPS) is 16.4. The highest BCUT2D eigenvalue weighted by Crippen LogP contribution is 2.38. The van der Waals surface area contributed by atoms with Crippen molar-refractivity contribution in [2.75, 3.05) is 0 Å². The number of carboxylic acid groups (broad SMARTS) is 1. The van der Waals surface area contributed by atoms with Gasteiger partial charge in [0, 0.05) is 11.8 Å². The van der Waals surface area contributed by atoms with E-state index in [1.807, 2.05) is 27.7 Å². The summed E-state index contributed by atoms with van der Waals surface area (Å²) in [5.74, 6) is -5.11. The van der Waals surface area contributed by atoms with E-state index in [1.54, 1.807) is 47.6 Å². The monoisotopic (exact) mass is 535 g/mol. The molecule has 6 atom stereocenters. The number of aliphatic carboxylic acids is 1. The molecule has 1 aromatic carbocycles. The second-order valence-corrected chi connectivity index (χ2v) is 11.2. The summed E-state index contributed by atoms with van der Waals surface area (Å²) >= 11 is 0. The molecule has 0 fully saturated rings. The molecule has 9 heteroatoms. The summed E-state index contributed by atoms with van der Waals surface area (Å²) < 4.78 is 16.8. The van der Waals surface area contributed by atoms with Gasteiger partial charge in [-0.25, -0.2) is 0 Å². The van der Waals surface area contributed by atoms with E-state index in [9.17, 15) is 24.3 Å². The summed E-state index contributed by atoms with van der Waals surface area (Å²) in [4.78, 5) is 49.7. The molecule has 0 radical (unpaired) electrons. The largest absolute Gasteiger partial charge is 0.480 e. The molecule has 1 aromatic rings. The molecule has 0 aliphatic heterocycles. The number of carbonyl (C=O) groups excluding carboxylic acids is 3. The van der Waals surface area contributed by atoms with Crippen molar-refractivity contribution in [1.29, 1.82) is 0 Å². The molecular formula is C29H45NO8. The Morgan fingerprint density at radius 3 is 1.63 bits per heavy atom. The van der Waals surface area contributed by atoms with Crippen LogP contribution in [0.1, 0.15) is 80.7 Å². The van der Waals surface area contributed by atoms with Crippen molar-refractivity contribution in [3.63, 3.8) is 0 Å². The van der Waals surface area contributed by atoms with Gasteiger partial charge in [0.05, 0.1) is 17.8 Å². The lowest BCUT2D eigenvalue weighted by Crippen LogP contribution is -2.43. The van der Waals surface area contributed by atoms with Gasteiger partial charge in [-0.3, -0.25) is 19.2 Å². The van der Waals surface area contributed by atoms with Crippen molar-refractivity contribution >= 4 is 23.9 Å². The van der Waals surface area contributed by atoms with E-state index in [0.29, 0.717) is 5.56 Å². The quantitative estimate of drug-likeness (QED) is 0.269. The first-order chi connectivity index (χ1) is 17.5. The molecule has 0 aliphatic rings. The van der Waals surface area contributed by atoms with E-state index in [1.165, 1.54) is 12.1 Å². The molecule has 38 heavy (non-hydrogen) atoms. The zero-order chi connectivity index (χ0) is 29.5. The number of carboxylic acids is 1. The molecule has 0 aliphatic carbocycles. The minimum absolute atomic E-state index is 0.00217. The highest BCUT2D eigenvalue weighted by Gasteiger charge is 2.36. The molecule has 1 rings (SSSR count). The lowest BCUT2D eigenvalue weighted by molar-refractivity contribution is -0.155. The summed E-state index contributed by atoms with van der Waals surface area (Å²) in [5.41, 5.74) is 6.56. The number of carbonyl (C=O) groups is 4. The van der Waals surface area contributed by atoms with Crippen molar-refractivity contribution in [1.82, 2.24) is 0 Å². The minimum Gasteiger partial charge on any atom is -0.480 e. The molecule has 9 nitrogen and oxygen atoms in total. The Labute approximate surface area is 226 Å². The molecular weight excluding hydrogens is 490 g/mol. The van der Waals surface area contributed by atoms with Crippen LogP contribution in [-0.4, -0.2) is 41.1 Å². The number of hydrogen-bond acceptors (Lipinski definition) is 8. The Bertz CT molecular complexity index is 987. The van der Waals surface area contributed by atoms with E-state index >= 15 is 0 Å². The summed E-state index contributed by atoms with van der Waals surface area (Å²) in [6.45, 7) is 17.9. The Balaban J connectivity index is 3.57. The van der Waals surface area contributed by atoms with Crippen LogP contribution in [0.2, 0.25) is 0 Å². The van der Waals surface area contributed by atoms with Gasteiger partial charge in [0.25, 0.3) is 0 Å². The number of nitrogens with two attached hydrogens (primary N) is 1. The number of benzene rings is 1. The summed E-state index contributed by atoms with van der Waals surface area (Å²) in [7, 11) is 0. The Hall–Kier alpha value is -2.94. The van der Waals surface area contributed by atoms with Crippen LogP contribution < -0.4 is 15.2 Å². The fourth-order valence-corrected chi connectivity index (χ4v) is 3.55. The molecule has 5 unspecified atom stereocenters. The fourth-order valence-electron chi connectivity index (χ4n) is 3.55. The SMILES string of the molecule is CC(C)C(=O)OC(C)C(C)C(c1ccc(OC(=O)C(C)C(C)C)c(OC(=O)C(C)C(C)C)c1)[C@H](N)C(=O)O. The average Bonchev–Trinajstić information content (AvgIpc) is 2.83. The molecule has 3 N–H and O–H groups in total. The van der Waals surface area contributed by atoms with Crippen molar-refractivity contribution in [3.05, 3.63) is 23.8 Å². The lowest BCUT2D eigenvalue weighted by Gasteiger charge is -2.32. The fraction of sp³-hybridized carbons (Fsp3) is 0.655. The van der Waals surface area contributed by atoms with Gasteiger partial charge in [-0.2, -0.15) is 0 Å². The predicted octanol–water partition coefficient (Wildman–Crippen LogP) is 4.80. The van der Waals surface area contributed by atoms with Gasteiger partial charge in [-0.15, -0.1) is 0 Å². The van der Waals surface area contributed by atoms with Crippen LogP contribution in [-0.2, 0) is 23.9 Å². The first kappa shape index (κ1) is 33.1. The summed E-state index contributed by atoms with van der Waals surface area (Å²) in [6, 6.07) is 3.20. The van der Waals surface area contributed by atoms with Gasteiger partial charge < -0.3 is 25.1 Å². The maximum Gasteiger partial charge on any atom is 0.321 e. The van der Waals surface area contributed by atoms with E-state index in [4.69, 9.17) is 19.9 Å². The van der Waals surface area contributed by atoms with Crippen molar-refractivity contribution < 1.29 is 38.5 Å². The molecule has 0 bridgehead atoms. The minimum atomic E-state index is -1.35. The van der Waals surface area contributed by atoms with E-state index in [0.717, 1.165) is 0 Å². The van der Waals surface area contributed by atoms with E-state index < -0.39 is 59.7 Å². The molecule has 0 aromatic heterocycles. The van der Waals surface area contributed by atoms with Gasteiger partial charge in [0.1, 0.15) is 12.1 Å². The van der Waals surface area contributed by atoms with E-state index in [-0.39, 0.29) is 29.3 Å². The zero-order valence-corrected chi connectivity index (χ0v) is 24.3. The van der Waals surface area contributed by atoms with Gasteiger partial charge >= 0.3 is 23.9 Å². The second kappa shape index (κ2) is 14.3. The van der Waals surface area contributed by atoms with Crippen molar-refractivity contribution in [2.45, 2.75) is 87.3 Å². The third-order valence-electron chi connectivity index (χ3n) is 7.27. The molecule has 0 heterocycles. The average molecular weight is 536 g/mol. The number of esters is 3. The van der Waals surface area contributed by atoms with E-state index in [2.05, 4.69) is 0 Å². The van der Waals surface area contributed by atoms with Crippen LogP contribution in [0.4, 0.5) is 0 Å². The molecule has 214 valence electrons. The maximum absolute atomic E-state index is 12.8. The number of hydrogen-bond donors (Lipinski definition) is 2. The second-order valence-electron chi connectivity index (χ2n) is 11.2. The number of ether oxygens (including phenoxy) is 3. The van der Waals surface area contributed by atoms with Crippen LogP contribution in [0.25, 0.3) is 0 Å². The van der Waals surface area contributed by atoms with Gasteiger partial charge in [0.2, 0.25) is 0 Å². The highest BCUT2D eigenvalue weighted by atomic mass is 16.6. The molecule has 0 spiro atoms. The molecule has 0 saturated carbocycles. The predicted molar refractivity (Wildman–Crippen MR) is 144 cm³/mol. The summed E-state index contributed by atoms with van der Waals surface area (Å²) in [5, 5.41) is 9.76. The smallest absolute Gasteiger partial charge is 0.321 e. The van der Waals surface area contributed by atoms with Crippen LogP contribution in [0, 0.1) is 35.5 Å². The maximum atomic E-state index is 12.8. The summed E-state index contributed by atoms with van der Waals surface area (Å²) in [6.07, 6.45) is -0.656. The number of rotatable bonds is 13. The standard InChI is InChI=1S/C29H45NO8/c1-14(2)17(7)28(34)37-22-12-11-21(13-23(22)38-29(35)18(8)15(3)4)24(25(30)26(31)32)19(9)20(10)36-27(33)16(5)6/h11-20,24-25H,30H2,1-10H3,(H,31,32)/t17?,18?,19?,20?,24?,25-/m0/s1. The van der Waals surface area contributed by atoms with Gasteiger partial charge in [0.15, 0.2) is 11.5 Å².